The van der Waals surface area contributed by atoms with Crippen LogP contribution in [0.15, 0.2) is 5.16 Å². The van der Waals surface area contributed by atoms with E-state index in [9.17, 15) is 14.8 Å². The first-order valence-corrected chi connectivity index (χ1v) is 11.0. The Bertz CT molecular complexity index is 692. The molecule has 0 heterocycles. The van der Waals surface area contributed by atoms with E-state index in [1.54, 1.807) is 0 Å². The molecule has 0 aliphatic heterocycles. The van der Waals surface area contributed by atoms with E-state index in [0.717, 1.165) is 50.7 Å². The normalized spacial score (nSPS) is 46.6. The summed E-state index contributed by atoms with van der Waals surface area (Å²) in [4.78, 5) is 24.5. The summed E-state index contributed by atoms with van der Waals surface area (Å²) in [5.74, 6) is 1.73. The predicted octanol–water partition coefficient (Wildman–Crippen LogP) is 3.30. The van der Waals surface area contributed by atoms with Gasteiger partial charge in [-0.2, -0.15) is 0 Å². The fourth-order valence-electron chi connectivity index (χ4n) is 7.38. The Balaban J connectivity index is 1.57. The summed E-state index contributed by atoms with van der Waals surface area (Å²) in [6, 6.07) is 0. The second-order valence-electron chi connectivity index (χ2n) is 10.1. The number of Topliss-reactive ketones (excluding diaryl/α,β-unsaturated/α-hetero) is 1. The van der Waals surface area contributed by atoms with E-state index in [-0.39, 0.29) is 35.2 Å². The number of esters is 1. The number of nitrogens with zero attached hydrogens (tertiary/aromatic N) is 1. The van der Waals surface area contributed by atoms with E-state index in [0.29, 0.717) is 36.5 Å². The maximum atomic E-state index is 12.6. The summed E-state index contributed by atoms with van der Waals surface area (Å²) in [5.41, 5.74) is 6.19. The fourth-order valence-corrected chi connectivity index (χ4v) is 7.38. The molecule has 0 aromatic rings. The van der Waals surface area contributed by atoms with Gasteiger partial charge in [-0.05, 0) is 68.1 Å². The van der Waals surface area contributed by atoms with Gasteiger partial charge in [0.2, 0.25) is 0 Å². The number of carbonyl (C=O) groups excluding carboxylic acids is 2. The molecule has 28 heavy (non-hydrogen) atoms. The molecule has 0 aromatic carbocycles. The largest absolute Gasteiger partial charge is 0.462 e. The third-order valence-corrected chi connectivity index (χ3v) is 8.91. The number of fused-ring (bicyclic) bond motifs is 5. The Morgan fingerprint density at radius 1 is 1.25 bits per heavy atom. The van der Waals surface area contributed by atoms with Crippen LogP contribution in [0.4, 0.5) is 0 Å². The number of carbonyl (C=O) groups is 2. The quantitative estimate of drug-likeness (QED) is 0.437. The van der Waals surface area contributed by atoms with Gasteiger partial charge in [-0.3, -0.25) is 9.59 Å². The van der Waals surface area contributed by atoms with Gasteiger partial charge < -0.3 is 15.7 Å². The lowest BCUT2D eigenvalue weighted by Gasteiger charge is -2.60. The van der Waals surface area contributed by atoms with Gasteiger partial charge in [-0.25, -0.2) is 0 Å². The highest BCUT2D eigenvalue weighted by molar-refractivity contribution is 5.90. The molecule has 0 bridgehead atoms. The molecule has 0 radical (unpaired) electrons. The molecule has 4 aliphatic rings. The van der Waals surface area contributed by atoms with Gasteiger partial charge in [0.05, 0.1) is 12.1 Å². The predicted molar refractivity (Wildman–Crippen MR) is 105 cm³/mol. The van der Waals surface area contributed by atoms with Crippen molar-refractivity contribution >= 4 is 17.5 Å². The molecule has 7 atom stereocenters. The molecule has 4 aliphatic carbocycles. The van der Waals surface area contributed by atoms with Gasteiger partial charge >= 0.3 is 5.97 Å². The van der Waals surface area contributed by atoms with Crippen molar-refractivity contribution in [1.29, 1.82) is 0 Å². The number of hydrogen-bond acceptors (Lipinski definition) is 6. The lowest BCUT2D eigenvalue weighted by Crippen LogP contribution is -2.57. The van der Waals surface area contributed by atoms with Crippen molar-refractivity contribution in [3.05, 3.63) is 0 Å². The molecule has 1 unspecified atom stereocenters. The molecule has 0 saturated heterocycles. The number of hydrogen-bond donors (Lipinski definition) is 2. The van der Waals surface area contributed by atoms with Crippen molar-refractivity contribution in [2.24, 2.45) is 45.4 Å². The van der Waals surface area contributed by atoms with Crippen LogP contribution in [0, 0.1) is 34.5 Å². The minimum atomic E-state index is -0.231. The summed E-state index contributed by atoms with van der Waals surface area (Å²) in [6.07, 6.45) is 7.21. The van der Waals surface area contributed by atoms with Gasteiger partial charge in [0.25, 0.3) is 0 Å². The minimum absolute atomic E-state index is 0.0498. The molecule has 6 nitrogen and oxygen atoms in total. The van der Waals surface area contributed by atoms with Gasteiger partial charge in [-0.15, -0.1) is 0 Å². The van der Waals surface area contributed by atoms with Crippen LogP contribution in [-0.4, -0.2) is 35.3 Å². The van der Waals surface area contributed by atoms with Crippen LogP contribution in [0.5, 0.6) is 0 Å². The molecule has 0 aromatic heterocycles. The topological polar surface area (TPSA) is 102 Å². The first-order chi connectivity index (χ1) is 13.3. The van der Waals surface area contributed by atoms with Crippen molar-refractivity contribution in [2.45, 2.75) is 77.7 Å². The van der Waals surface area contributed by atoms with Crippen molar-refractivity contribution in [1.82, 2.24) is 0 Å². The zero-order valence-corrected chi connectivity index (χ0v) is 17.2. The first kappa shape index (κ1) is 19.9. The molecular weight excluding hydrogens is 356 g/mol. The Labute approximate surface area is 167 Å². The maximum absolute atomic E-state index is 12.6. The summed E-state index contributed by atoms with van der Waals surface area (Å²) >= 11 is 0. The number of nitrogens with two attached hydrogens (primary N) is 1. The number of ketones is 1. The first-order valence-electron chi connectivity index (χ1n) is 11.0. The van der Waals surface area contributed by atoms with Crippen LogP contribution < -0.4 is 5.73 Å². The van der Waals surface area contributed by atoms with Crippen molar-refractivity contribution < 1.29 is 19.5 Å². The smallest absolute Gasteiger partial charge is 0.307 e. The van der Waals surface area contributed by atoms with Crippen LogP contribution in [0.2, 0.25) is 0 Å². The Hall–Kier alpha value is -1.43. The summed E-state index contributed by atoms with van der Waals surface area (Å²) in [5, 5.41) is 13.6. The third kappa shape index (κ3) is 2.90. The SMILES string of the molecule is C[C@]12CC[C@H](OC(=O)CCN)CC1/C(=N/O)C[C@@H]1[C@@H]2CC[C@]2(C)C(=O)CC[C@@H]12. The van der Waals surface area contributed by atoms with Gasteiger partial charge in [0.1, 0.15) is 11.9 Å². The number of rotatable bonds is 3. The minimum Gasteiger partial charge on any atom is -0.462 e. The molecule has 6 heteroatoms. The maximum Gasteiger partial charge on any atom is 0.307 e. The van der Waals surface area contributed by atoms with E-state index in [1.165, 1.54) is 0 Å². The van der Waals surface area contributed by atoms with Crippen molar-refractivity contribution in [3.8, 4) is 0 Å². The number of ether oxygens (including phenoxy) is 1. The standard InChI is InChI=1S/C22H34N2O4/c1-21-8-5-13(28-20(26)7-10-23)11-17(21)18(24-27)12-14-15-3-4-19(25)22(15,2)9-6-16(14)21/h13-17,27H,3-12,23H2,1-2H3/b24-18+/t13-,14-,15-,16-,17?,21+,22-/m0/s1. The van der Waals surface area contributed by atoms with Crippen LogP contribution in [0.1, 0.15) is 71.6 Å². The average molecular weight is 391 g/mol. The van der Waals surface area contributed by atoms with Crippen molar-refractivity contribution in [2.75, 3.05) is 6.54 Å². The molecule has 0 spiro atoms. The molecule has 3 N–H and O–H groups in total. The molecule has 4 fully saturated rings. The molecule has 4 rings (SSSR count). The van der Waals surface area contributed by atoms with Gasteiger partial charge in [0, 0.05) is 24.3 Å². The Kier molecular flexibility index (Phi) is 5.05. The molecular formula is C22H34N2O4. The number of oxime groups is 1. The summed E-state index contributed by atoms with van der Waals surface area (Å²) in [7, 11) is 0. The highest BCUT2D eigenvalue weighted by Gasteiger charge is 2.62. The summed E-state index contributed by atoms with van der Waals surface area (Å²) < 4.78 is 5.65. The Morgan fingerprint density at radius 2 is 2.04 bits per heavy atom. The lowest BCUT2D eigenvalue weighted by atomic mass is 9.44. The van der Waals surface area contributed by atoms with Gasteiger partial charge in [0.15, 0.2) is 0 Å². The van der Waals surface area contributed by atoms with Gasteiger partial charge in [-0.1, -0.05) is 19.0 Å². The van der Waals surface area contributed by atoms with Crippen molar-refractivity contribution in [3.63, 3.8) is 0 Å². The van der Waals surface area contributed by atoms with Crippen LogP contribution >= 0.6 is 0 Å². The van der Waals surface area contributed by atoms with E-state index in [1.807, 2.05) is 0 Å². The Morgan fingerprint density at radius 3 is 2.75 bits per heavy atom. The highest BCUT2D eigenvalue weighted by atomic mass is 16.5. The fraction of sp³-hybridized carbons (Fsp3) is 0.864. The van der Waals surface area contributed by atoms with E-state index >= 15 is 0 Å². The molecule has 156 valence electrons. The highest BCUT2D eigenvalue weighted by Crippen LogP contribution is 2.65. The van der Waals surface area contributed by atoms with E-state index in [2.05, 4.69) is 19.0 Å². The molecule has 4 saturated carbocycles. The zero-order valence-electron chi connectivity index (χ0n) is 17.2. The van der Waals surface area contributed by atoms with Crippen LogP contribution in [-0.2, 0) is 14.3 Å². The monoisotopic (exact) mass is 390 g/mol. The van der Waals surface area contributed by atoms with E-state index in [4.69, 9.17) is 10.5 Å². The average Bonchev–Trinajstić information content (AvgIpc) is 2.97. The summed E-state index contributed by atoms with van der Waals surface area (Å²) in [6.45, 7) is 4.82. The van der Waals surface area contributed by atoms with Crippen LogP contribution in [0.25, 0.3) is 0 Å². The zero-order chi connectivity index (χ0) is 20.1. The second-order valence-corrected chi connectivity index (χ2v) is 10.1. The van der Waals surface area contributed by atoms with Crippen LogP contribution in [0.3, 0.4) is 0 Å². The lowest BCUT2D eigenvalue weighted by molar-refractivity contribution is -0.155. The van der Waals surface area contributed by atoms with E-state index < -0.39 is 0 Å². The molecule has 0 amide bonds. The third-order valence-electron chi connectivity index (χ3n) is 8.91. The second kappa shape index (κ2) is 7.12.